The first kappa shape index (κ1) is 23.2. The molecule has 0 fully saturated rings. The van der Waals surface area contributed by atoms with Gasteiger partial charge in [0, 0.05) is 37.7 Å². The summed E-state index contributed by atoms with van der Waals surface area (Å²) in [4.78, 5) is 21.5. The average Bonchev–Trinajstić information content (AvgIpc) is 3.52. The van der Waals surface area contributed by atoms with Gasteiger partial charge in [0.1, 0.15) is 12.0 Å². The van der Waals surface area contributed by atoms with Gasteiger partial charge in [-0.05, 0) is 48.7 Å². The van der Waals surface area contributed by atoms with E-state index in [-0.39, 0.29) is 11.9 Å². The van der Waals surface area contributed by atoms with Gasteiger partial charge >= 0.3 is 0 Å². The van der Waals surface area contributed by atoms with Crippen LogP contribution in [0.2, 0.25) is 0 Å². The van der Waals surface area contributed by atoms with Crippen molar-refractivity contribution in [3.05, 3.63) is 96.0 Å². The van der Waals surface area contributed by atoms with E-state index in [0.717, 1.165) is 35.6 Å². The molecule has 4 aromatic rings. The molecular weight excluding hydrogens is 454 g/mol. The van der Waals surface area contributed by atoms with Crippen molar-refractivity contribution in [3.63, 3.8) is 0 Å². The van der Waals surface area contributed by atoms with E-state index in [1.165, 1.54) is 6.33 Å². The molecule has 0 aliphatic heterocycles. The predicted octanol–water partition coefficient (Wildman–Crippen LogP) is 3.37. The SMILES string of the molecule is Cn1nccc1C(NC(=O)c1cccc(NCc2nnc(-c3ccncn3)n2C)c1)C1=CCCC=C1. The Bertz CT molecular complexity index is 1420. The van der Waals surface area contributed by atoms with Gasteiger partial charge in [-0.2, -0.15) is 5.10 Å². The van der Waals surface area contributed by atoms with E-state index in [0.29, 0.717) is 23.6 Å². The van der Waals surface area contributed by atoms with Gasteiger partial charge in [0.15, 0.2) is 11.6 Å². The van der Waals surface area contributed by atoms with Crippen LogP contribution in [-0.4, -0.2) is 40.4 Å². The Morgan fingerprint density at radius 2 is 2.03 bits per heavy atom. The smallest absolute Gasteiger partial charge is 0.252 e. The second-order valence-corrected chi connectivity index (χ2v) is 8.50. The lowest BCUT2D eigenvalue weighted by atomic mass is 9.97. The fourth-order valence-electron chi connectivity index (χ4n) is 4.17. The average molecular weight is 482 g/mol. The lowest BCUT2D eigenvalue weighted by Gasteiger charge is -2.22. The van der Waals surface area contributed by atoms with E-state index in [4.69, 9.17) is 0 Å². The van der Waals surface area contributed by atoms with Crippen molar-refractivity contribution in [2.24, 2.45) is 14.1 Å². The molecule has 0 saturated carbocycles. The number of hydrogen-bond acceptors (Lipinski definition) is 7. The number of rotatable bonds is 8. The van der Waals surface area contributed by atoms with Gasteiger partial charge in [-0.15, -0.1) is 10.2 Å². The minimum absolute atomic E-state index is 0.158. The van der Waals surface area contributed by atoms with Crippen molar-refractivity contribution in [1.82, 2.24) is 39.8 Å². The molecule has 5 rings (SSSR count). The fourth-order valence-corrected chi connectivity index (χ4v) is 4.17. The summed E-state index contributed by atoms with van der Waals surface area (Å²) < 4.78 is 3.68. The monoisotopic (exact) mass is 481 g/mol. The molecule has 36 heavy (non-hydrogen) atoms. The first-order valence-electron chi connectivity index (χ1n) is 11.7. The molecule has 182 valence electrons. The Hall–Kier alpha value is -4.60. The summed E-state index contributed by atoms with van der Waals surface area (Å²) in [6.07, 6.45) is 13.3. The van der Waals surface area contributed by atoms with E-state index in [9.17, 15) is 4.79 Å². The van der Waals surface area contributed by atoms with Gasteiger partial charge in [0.2, 0.25) is 0 Å². The van der Waals surface area contributed by atoms with Gasteiger partial charge in [-0.3, -0.25) is 9.48 Å². The fraction of sp³-hybridized carbons (Fsp3) is 0.231. The number of allylic oxidation sites excluding steroid dienone is 2. The van der Waals surface area contributed by atoms with E-state index in [2.05, 4.69) is 54.1 Å². The zero-order chi connectivity index (χ0) is 24.9. The predicted molar refractivity (Wildman–Crippen MR) is 136 cm³/mol. The highest BCUT2D eigenvalue weighted by Gasteiger charge is 2.22. The number of carbonyl (C=O) groups is 1. The first-order chi connectivity index (χ1) is 17.6. The summed E-state index contributed by atoms with van der Waals surface area (Å²) in [6, 6.07) is 10.9. The Labute approximate surface area is 208 Å². The Balaban J connectivity index is 1.30. The van der Waals surface area contributed by atoms with Crippen LogP contribution in [-0.2, 0) is 20.6 Å². The number of amides is 1. The maximum absolute atomic E-state index is 13.3. The number of anilines is 1. The number of nitrogens with one attached hydrogen (secondary N) is 2. The summed E-state index contributed by atoms with van der Waals surface area (Å²) in [5.74, 6) is 1.25. The highest BCUT2D eigenvalue weighted by atomic mass is 16.1. The Morgan fingerprint density at radius 1 is 1.11 bits per heavy atom. The highest BCUT2D eigenvalue weighted by molar-refractivity contribution is 5.95. The molecule has 0 saturated heterocycles. The van der Waals surface area contributed by atoms with Crippen LogP contribution in [0.4, 0.5) is 5.69 Å². The van der Waals surface area contributed by atoms with Crippen molar-refractivity contribution in [2.75, 3.05) is 5.32 Å². The van der Waals surface area contributed by atoms with Crippen LogP contribution in [0.25, 0.3) is 11.5 Å². The molecule has 10 heteroatoms. The molecule has 1 unspecified atom stereocenters. The molecule has 2 N–H and O–H groups in total. The van der Waals surface area contributed by atoms with Gasteiger partial charge in [0.25, 0.3) is 5.91 Å². The maximum atomic E-state index is 13.3. The van der Waals surface area contributed by atoms with E-state index in [1.807, 2.05) is 42.9 Å². The van der Waals surface area contributed by atoms with Crippen LogP contribution in [0.5, 0.6) is 0 Å². The zero-order valence-corrected chi connectivity index (χ0v) is 20.2. The summed E-state index contributed by atoms with van der Waals surface area (Å²) in [5, 5.41) is 19.4. The number of aryl methyl sites for hydroxylation is 1. The van der Waals surface area contributed by atoms with Crippen LogP contribution in [0.3, 0.4) is 0 Å². The Kier molecular flexibility index (Phi) is 6.65. The van der Waals surface area contributed by atoms with Crippen molar-refractivity contribution in [1.29, 1.82) is 0 Å². The summed E-state index contributed by atoms with van der Waals surface area (Å²) in [6.45, 7) is 0.439. The van der Waals surface area contributed by atoms with Gasteiger partial charge in [-0.25, -0.2) is 9.97 Å². The summed E-state index contributed by atoms with van der Waals surface area (Å²) >= 11 is 0. The molecule has 3 aromatic heterocycles. The van der Waals surface area contributed by atoms with Crippen LogP contribution < -0.4 is 10.6 Å². The third-order valence-electron chi connectivity index (χ3n) is 6.14. The minimum Gasteiger partial charge on any atom is -0.378 e. The number of benzene rings is 1. The van der Waals surface area contributed by atoms with Crippen molar-refractivity contribution in [2.45, 2.75) is 25.4 Å². The largest absolute Gasteiger partial charge is 0.378 e. The van der Waals surface area contributed by atoms with Crippen LogP contribution >= 0.6 is 0 Å². The van der Waals surface area contributed by atoms with E-state index in [1.54, 1.807) is 29.2 Å². The number of nitrogens with zero attached hydrogens (tertiary/aromatic N) is 7. The number of hydrogen-bond donors (Lipinski definition) is 2. The lowest BCUT2D eigenvalue weighted by molar-refractivity contribution is 0.0941. The quantitative estimate of drug-likeness (QED) is 0.396. The van der Waals surface area contributed by atoms with Gasteiger partial charge in [0.05, 0.1) is 18.3 Å². The summed E-state index contributed by atoms with van der Waals surface area (Å²) in [5.41, 5.74) is 4.07. The first-order valence-corrected chi connectivity index (χ1v) is 11.7. The van der Waals surface area contributed by atoms with Gasteiger partial charge < -0.3 is 15.2 Å². The second kappa shape index (κ2) is 10.3. The zero-order valence-electron chi connectivity index (χ0n) is 20.2. The van der Waals surface area contributed by atoms with Crippen molar-refractivity contribution >= 4 is 11.6 Å². The van der Waals surface area contributed by atoms with Crippen LogP contribution in [0, 0.1) is 0 Å². The topological polar surface area (TPSA) is 115 Å². The Morgan fingerprint density at radius 3 is 2.78 bits per heavy atom. The molecule has 0 radical (unpaired) electrons. The molecule has 1 amide bonds. The molecule has 1 atom stereocenters. The second-order valence-electron chi connectivity index (χ2n) is 8.50. The normalized spacial score (nSPS) is 13.8. The van der Waals surface area contributed by atoms with Gasteiger partial charge in [-0.1, -0.05) is 24.3 Å². The molecular formula is C26H27N9O. The van der Waals surface area contributed by atoms with Crippen molar-refractivity contribution < 1.29 is 4.79 Å². The highest BCUT2D eigenvalue weighted by Crippen LogP contribution is 2.26. The van der Waals surface area contributed by atoms with E-state index < -0.39 is 0 Å². The molecule has 1 aliphatic carbocycles. The van der Waals surface area contributed by atoms with Crippen LogP contribution in [0.1, 0.15) is 40.8 Å². The maximum Gasteiger partial charge on any atom is 0.252 e. The third kappa shape index (κ3) is 4.92. The van der Waals surface area contributed by atoms with Crippen molar-refractivity contribution in [3.8, 4) is 11.5 Å². The molecule has 1 aromatic carbocycles. The summed E-state index contributed by atoms with van der Waals surface area (Å²) in [7, 11) is 3.78. The molecule has 3 heterocycles. The molecule has 1 aliphatic rings. The molecule has 0 spiro atoms. The molecule has 10 nitrogen and oxygen atoms in total. The number of aromatic nitrogens is 7. The van der Waals surface area contributed by atoms with Crippen LogP contribution in [0.15, 0.2) is 78.9 Å². The number of carbonyl (C=O) groups excluding carboxylic acids is 1. The lowest BCUT2D eigenvalue weighted by Crippen LogP contribution is -2.31. The third-order valence-corrected chi connectivity index (χ3v) is 6.14. The van der Waals surface area contributed by atoms with E-state index >= 15 is 0 Å². The standard InChI is InChI=1S/C26H27N9O/c1-34-23(32-33-25(34)21-11-13-27-17-29-21)16-28-20-10-6-9-19(15-20)26(36)31-24(18-7-4-3-5-8-18)22-12-14-30-35(22)2/h4,6-15,17,24,28H,3,5,16H2,1-2H3,(H,31,36). The minimum atomic E-state index is -0.281. The molecule has 0 bridgehead atoms.